The lowest BCUT2D eigenvalue weighted by atomic mass is 9.73. The van der Waals surface area contributed by atoms with Gasteiger partial charge in [-0.1, -0.05) is 31.2 Å². The van der Waals surface area contributed by atoms with E-state index in [0.29, 0.717) is 12.0 Å². The van der Waals surface area contributed by atoms with Crippen LogP contribution in [0.3, 0.4) is 0 Å². The van der Waals surface area contributed by atoms with E-state index >= 15 is 0 Å². The molecule has 25 heavy (non-hydrogen) atoms. The highest BCUT2D eigenvalue weighted by molar-refractivity contribution is 6.26. The SMILES string of the molecule is C=CCC1(Nc2ccccc2)CC(C)[NH+](C)CC1C.O=C([O-])C(=O)O. The van der Waals surface area contributed by atoms with Crippen molar-refractivity contribution in [2.45, 2.75) is 38.3 Å². The molecular weight excluding hydrogens is 320 g/mol. The molecule has 3 N–H and O–H groups in total. The van der Waals surface area contributed by atoms with Crippen LogP contribution in [0.5, 0.6) is 0 Å². The summed E-state index contributed by atoms with van der Waals surface area (Å²) in [5.74, 6) is -3.37. The van der Waals surface area contributed by atoms with Crippen LogP contribution in [0, 0.1) is 5.92 Å². The summed E-state index contributed by atoms with van der Waals surface area (Å²) in [5, 5.41) is 20.1. The van der Waals surface area contributed by atoms with Crippen LogP contribution >= 0.6 is 0 Å². The second-order valence-electron chi connectivity index (χ2n) is 6.79. The van der Waals surface area contributed by atoms with Crippen LogP contribution in [0.4, 0.5) is 5.69 Å². The quantitative estimate of drug-likeness (QED) is 0.533. The second kappa shape index (κ2) is 9.22. The summed E-state index contributed by atoms with van der Waals surface area (Å²) in [4.78, 5) is 19.7. The molecule has 6 nitrogen and oxygen atoms in total. The zero-order valence-corrected chi connectivity index (χ0v) is 15.1. The number of hydrogen-bond acceptors (Lipinski definition) is 4. The Labute approximate surface area is 149 Å². The smallest absolute Gasteiger partial charge is 0.351 e. The molecule has 4 unspecified atom stereocenters. The molecule has 1 aromatic rings. The number of para-hydroxylation sites is 1. The minimum Gasteiger partial charge on any atom is -0.539 e. The number of likely N-dealkylation sites (tertiary alicyclic amines) is 1. The minimum atomic E-state index is -2.07. The molecule has 0 saturated carbocycles. The lowest BCUT2D eigenvalue weighted by Gasteiger charge is -2.47. The fourth-order valence-corrected chi connectivity index (χ4v) is 3.38. The molecule has 0 radical (unpaired) electrons. The van der Waals surface area contributed by atoms with Crippen LogP contribution in [0.1, 0.15) is 26.7 Å². The van der Waals surface area contributed by atoms with E-state index in [-0.39, 0.29) is 5.54 Å². The van der Waals surface area contributed by atoms with Crippen molar-refractivity contribution in [1.82, 2.24) is 0 Å². The Kier molecular flexibility index (Phi) is 7.64. The third-order valence-electron chi connectivity index (χ3n) is 4.93. The fourth-order valence-electron chi connectivity index (χ4n) is 3.38. The van der Waals surface area contributed by atoms with Crippen LogP contribution in [0.2, 0.25) is 0 Å². The third-order valence-corrected chi connectivity index (χ3v) is 4.93. The number of rotatable bonds is 4. The Morgan fingerprint density at radius 2 is 1.96 bits per heavy atom. The summed E-state index contributed by atoms with van der Waals surface area (Å²) in [5.41, 5.74) is 1.38. The zero-order valence-electron chi connectivity index (χ0n) is 15.1. The van der Waals surface area contributed by atoms with Gasteiger partial charge in [-0.3, -0.25) is 0 Å². The van der Waals surface area contributed by atoms with Gasteiger partial charge in [0, 0.05) is 18.0 Å². The number of carbonyl (C=O) groups excluding carboxylic acids is 1. The molecule has 1 fully saturated rings. The number of nitrogens with one attached hydrogen (secondary N) is 2. The van der Waals surface area contributed by atoms with Crippen molar-refractivity contribution in [3.8, 4) is 0 Å². The molecule has 1 aromatic carbocycles. The van der Waals surface area contributed by atoms with E-state index in [1.54, 1.807) is 4.90 Å². The van der Waals surface area contributed by atoms with Crippen molar-refractivity contribution < 1.29 is 24.7 Å². The highest BCUT2D eigenvalue weighted by atomic mass is 16.4. The first kappa shape index (κ1) is 20.7. The standard InChI is InChI=1S/C17H26N2.C2H2O4/c1-5-11-17(18-16-9-7-6-8-10-16)12-15(3)19(4)13-14(17)2;3-1(4)2(5)6/h5-10,14-15,18H,1,11-13H2,2-4H3;(H,3,4)(H,5,6). The topological polar surface area (TPSA) is 93.9 Å². The monoisotopic (exact) mass is 348 g/mol. The molecule has 138 valence electrons. The number of anilines is 1. The van der Waals surface area contributed by atoms with Crippen molar-refractivity contribution in [3.63, 3.8) is 0 Å². The molecular formula is C19H28N2O4. The van der Waals surface area contributed by atoms with Gasteiger partial charge in [-0.15, -0.1) is 6.58 Å². The van der Waals surface area contributed by atoms with Crippen molar-refractivity contribution in [2.75, 3.05) is 18.9 Å². The lowest BCUT2D eigenvalue weighted by Crippen LogP contribution is -3.15. The van der Waals surface area contributed by atoms with E-state index in [1.165, 1.54) is 18.7 Å². The normalized spacial score (nSPS) is 28.2. The van der Waals surface area contributed by atoms with Crippen LogP contribution in [-0.4, -0.2) is 42.2 Å². The molecule has 1 heterocycles. The number of quaternary nitrogens is 1. The second-order valence-corrected chi connectivity index (χ2v) is 6.79. The molecule has 1 saturated heterocycles. The molecule has 0 aromatic heterocycles. The first-order chi connectivity index (χ1) is 11.7. The first-order valence-corrected chi connectivity index (χ1v) is 8.42. The maximum absolute atomic E-state index is 9.04. The minimum absolute atomic E-state index is 0.155. The Hall–Kier alpha value is -2.34. The lowest BCUT2D eigenvalue weighted by molar-refractivity contribution is -0.914. The zero-order chi connectivity index (χ0) is 19.0. The van der Waals surface area contributed by atoms with Crippen molar-refractivity contribution in [1.29, 1.82) is 0 Å². The van der Waals surface area contributed by atoms with Gasteiger partial charge in [0.25, 0.3) is 0 Å². The fraction of sp³-hybridized carbons (Fsp3) is 0.474. The predicted octanol–water partition coefficient (Wildman–Crippen LogP) is 0.177. The average Bonchev–Trinajstić information content (AvgIpc) is 2.55. The largest absolute Gasteiger partial charge is 0.539 e. The van der Waals surface area contributed by atoms with E-state index in [9.17, 15) is 0 Å². The van der Waals surface area contributed by atoms with Gasteiger partial charge in [-0.2, -0.15) is 0 Å². The predicted molar refractivity (Wildman–Crippen MR) is 95.2 cm³/mol. The van der Waals surface area contributed by atoms with Gasteiger partial charge in [-0.05, 0) is 25.5 Å². The highest BCUT2D eigenvalue weighted by Gasteiger charge is 2.44. The average molecular weight is 348 g/mol. The number of carboxylic acid groups (broad SMARTS) is 2. The van der Waals surface area contributed by atoms with E-state index in [1.807, 2.05) is 0 Å². The maximum atomic E-state index is 9.04. The number of benzene rings is 1. The summed E-state index contributed by atoms with van der Waals surface area (Å²) in [7, 11) is 2.31. The van der Waals surface area contributed by atoms with Crippen LogP contribution in [0.15, 0.2) is 43.0 Å². The summed E-state index contributed by atoms with van der Waals surface area (Å²) in [6, 6.07) is 11.3. The van der Waals surface area contributed by atoms with Crippen LogP contribution in [0.25, 0.3) is 0 Å². The summed E-state index contributed by atoms with van der Waals surface area (Å²) in [6.45, 7) is 9.91. The van der Waals surface area contributed by atoms with Gasteiger partial charge in [-0.25, -0.2) is 4.79 Å². The van der Waals surface area contributed by atoms with E-state index < -0.39 is 11.9 Å². The molecule has 0 bridgehead atoms. The molecule has 6 heteroatoms. The summed E-state index contributed by atoms with van der Waals surface area (Å²) in [6.07, 6.45) is 4.29. The van der Waals surface area contributed by atoms with Gasteiger partial charge in [0.05, 0.1) is 25.2 Å². The highest BCUT2D eigenvalue weighted by Crippen LogP contribution is 2.33. The first-order valence-electron chi connectivity index (χ1n) is 8.42. The van der Waals surface area contributed by atoms with Crippen molar-refractivity contribution in [2.24, 2.45) is 5.92 Å². The molecule has 2 rings (SSSR count). The number of hydrogen-bond donors (Lipinski definition) is 3. The molecule has 4 atom stereocenters. The summed E-state index contributed by atoms with van der Waals surface area (Å²) >= 11 is 0. The molecule has 0 aliphatic carbocycles. The maximum Gasteiger partial charge on any atom is 0.351 e. The Bertz CT molecular complexity index is 578. The number of aliphatic carboxylic acids is 2. The van der Waals surface area contributed by atoms with Crippen molar-refractivity contribution in [3.05, 3.63) is 43.0 Å². The number of carboxylic acids is 2. The van der Waals surface area contributed by atoms with Gasteiger partial charge < -0.3 is 25.2 Å². The third kappa shape index (κ3) is 5.90. The number of carbonyl (C=O) groups is 2. The molecule has 0 amide bonds. The van der Waals surface area contributed by atoms with Gasteiger partial charge in [0.2, 0.25) is 0 Å². The van der Waals surface area contributed by atoms with Crippen molar-refractivity contribution >= 4 is 17.6 Å². The molecule has 1 aliphatic rings. The molecule has 0 spiro atoms. The van der Waals surface area contributed by atoms with Gasteiger partial charge in [0.1, 0.15) is 0 Å². The van der Waals surface area contributed by atoms with Gasteiger partial charge in [0.15, 0.2) is 5.97 Å². The van der Waals surface area contributed by atoms with E-state index in [0.717, 1.165) is 6.42 Å². The van der Waals surface area contributed by atoms with Crippen LogP contribution in [-0.2, 0) is 9.59 Å². The van der Waals surface area contributed by atoms with E-state index in [4.69, 9.17) is 19.8 Å². The number of piperidine rings is 1. The van der Waals surface area contributed by atoms with E-state index in [2.05, 4.69) is 69.2 Å². The Morgan fingerprint density at radius 1 is 1.40 bits per heavy atom. The summed E-state index contributed by atoms with van der Waals surface area (Å²) < 4.78 is 0. The van der Waals surface area contributed by atoms with Gasteiger partial charge >= 0.3 is 5.97 Å². The Morgan fingerprint density at radius 3 is 2.44 bits per heavy atom. The van der Waals surface area contributed by atoms with Crippen LogP contribution < -0.4 is 15.3 Å². The Balaban J connectivity index is 0.000000450. The molecule has 1 aliphatic heterocycles.